The van der Waals surface area contributed by atoms with Crippen molar-refractivity contribution in [1.29, 1.82) is 0 Å². The van der Waals surface area contributed by atoms with Crippen LogP contribution in [-0.2, 0) is 4.79 Å². The van der Waals surface area contributed by atoms with Crippen molar-refractivity contribution in [2.75, 3.05) is 6.61 Å². The number of aliphatic hydroxyl groups is 2. The summed E-state index contributed by atoms with van der Waals surface area (Å²) in [4.78, 5) is 12.4. The first-order valence-corrected chi connectivity index (χ1v) is 26.6. The van der Waals surface area contributed by atoms with Gasteiger partial charge in [-0.2, -0.15) is 0 Å². The highest BCUT2D eigenvalue weighted by Crippen LogP contribution is 2.15. The summed E-state index contributed by atoms with van der Waals surface area (Å²) >= 11 is 0. The van der Waals surface area contributed by atoms with Crippen LogP contribution in [0.25, 0.3) is 0 Å². The Bertz CT molecular complexity index is 1220. The van der Waals surface area contributed by atoms with Crippen LogP contribution >= 0.6 is 0 Å². The van der Waals surface area contributed by atoms with Crippen LogP contribution in [0.5, 0.6) is 0 Å². The number of amides is 1. The molecule has 0 heterocycles. The molecule has 0 bridgehead atoms. The molecule has 360 valence electrons. The quantitative estimate of drug-likeness (QED) is 0.0421. The predicted molar refractivity (Wildman–Crippen MR) is 280 cm³/mol. The standard InChI is InChI=1S/C59H101NO3/c1-3-5-7-9-11-13-15-17-19-21-23-25-26-27-28-29-30-31-32-33-35-36-38-40-42-44-46-48-50-52-54-58(62)57(56-61)60-59(63)55-53-51-49-47-45-43-41-39-37-34-24-22-20-18-16-14-12-10-8-6-4-2/h6,8,12,14,18,20,24,34,36,38-39,41,44-47,52,54,57-58,61-62H,3-5,7,9-11,13,15-17,19,21-23,25-33,35,37,40,42-43,48-51,53,55-56H2,1-2H3,(H,60,63)/b8-6-,14-12-,20-18-,34-24-,38-36+,41-39-,46-44+,47-45-,54-52+. The smallest absolute Gasteiger partial charge is 0.220 e. The normalized spacial score (nSPS) is 13.8. The minimum atomic E-state index is -0.897. The van der Waals surface area contributed by atoms with Crippen molar-refractivity contribution >= 4 is 5.91 Å². The van der Waals surface area contributed by atoms with Gasteiger partial charge in [-0.15, -0.1) is 0 Å². The van der Waals surface area contributed by atoms with Gasteiger partial charge < -0.3 is 15.5 Å². The van der Waals surface area contributed by atoms with E-state index in [1.165, 1.54) is 135 Å². The summed E-state index contributed by atoms with van der Waals surface area (Å²) in [6.45, 7) is 4.16. The monoisotopic (exact) mass is 872 g/mol. The molecule has 2 unspecified atom stereocenters. The first kappa shape index (κ1) is 60.1. The molecule has 2 atom stereocenters. The fourth-order valence-corrected chi connectivity index (χ4v) is 7.45. The van der Waals surface area contributed by atoms with E-state index in [0.717, 1.165) is 83.5 Å². The number of hydrogen-bond acceptors (Lipinski definition) is 3. The van der Waals surface area contributed by atoms with E-state index in [4.69, 9.17) is 0 Å². The van der Waals surface area contributed by atoms with Crippen molar-refractivity contribution in [1.82, 2.24) is 5.32 Å². The third-order valence-corrected chi connectivity index (χ3v) is 11.5. The van der Waals surface area contributed by atoms with Crippen molar-refractivity contribution in [2.24, 2.45) is 0 Å². The Kier molecular flexibility index (Phi) is 50.9. The van der Waals surface area contributed by atoms with Crippen LogP contribution in [0.2, 0.25) is 0 Å². The minimum absolute atomic E-state index is 0.123. The van der Waals surface area contributed by atoms with Crippen molar-refractivity contribution < 1.29 is 15.0 Å². The molecule has 0 aliphatic carbocycles. The number of allylic oxidation sites excluding steroid dienone is 17. The lowest BCUT2D eigenvalue weighted by atomic mass is 10.0. The number of unbranched alkanes of at least 4 members (excludes halogenated alkanes) is 24. The molecule has 0 saturated carbocycles. The molecular weight excluding hydrogens is 771 g/mol. The molecular formula is C59H101NO3. The van der Waals surface area contributed by atoms with Crippen LogP contribution in [0.4, 0.5) is 0 Å². The van der Waals surface area contributed by atoms with E-state index in [1.54, 1.807) is 6.08 Å². The van der Waals surface area contributed by atoms with E-state index >= 15 is 0 Å². The largest absolute Gasteiger partial charge is 0.394 e. The van der Waals surface area contributed by atoms with Gasteiger partial charge >= 0.3 is 0 Å². The average molecular weight is 872 g/mol. The van der Waals surface area contributed by atoms with Crippen LogP contribution in [0, 0.1) is 0 Å². The molecule has 0 aliphatic heterocycles. The second-order valence-electron chi connectivity index (χ2n) is 17.5. The Morgan fingerprint density at radius 2 is 0.714 bits per heavy atom. The van der Waals surface area contributed by atoms with Crippen molar-refractivity contribution in [3.05, 3.63) is 109 Å². The van der Waals surface area contributed by atoms with Gasteiger partial charge in [0, 0.05) is 6.42 Å². The van der Waals surface area contributed by atoms with Gasteiger partial charge in [-0.3, -0.25) is 4.79 Å². The van der Waals surface area contributed by atoms with Crippen LogP contribution in [-0.4, -0.2) is 34.9 Å². The molecule has 0 rings (SSSR count). The summed E-state index contributed by atoms with van der Waals surface area (Å²) in [6, 6.07) is -0.678. The van der Waals surface area contributed by atoms with Crippen LogP contribution in [0.3, 0.4) is 0 Å². The zero-order chi connectivity index (χ0) is 45.6. The van der Waals surface area contributed by atoms with Gasteiger partial charge in [0.2, 0.25) is 5.91 Å². The lowest BCUT2D eigenvalue weighted by Crippen LogP contribution is -2.45. The third-order valence-electron chi connectivity index (χ3n) is 11.5. The predicted octanol–water partition coefficient (Wildman–Crippen LogP) is 17.5. The molecule has 1 amide bonds. The molecule has 0 aromatic carbocycles. The molecule has 0 spiro atoms. The Morgan fingerprint density at radius 3 is 1.11 bits per heavy atom. The number of rotatable bonds is 47. The second-order valence-corrected chi connectivity index (χ2v) is 17.5. The zero-order valence-corrected chi connectivity index (χ0v) is 41.3. The Hall–Kier alpha value is -2.95. The van der Waals surface area contributed by atoms with E-state index in [2.05, 4.69) is 116 Å². The topological polar surface area (TPSA) is 69.6 Å². The van der Waals surface area contributed by atoms with Gasteiger partial charge in [0.25, 0.3) is 0 Å². The maximum atomic E-state index is 12.4. The van der Waals surface area contributed by atoms with Gasteiger partial charge in [-0.05, 0) is 96.3 Å². The van der Waals surface area contributed by atoms with Crippen LogP contribution in [0.15, 0.2) is 109 Å². The lowest BCUT2D eigenvalue weighted by molar-refractivity contribution is -0.123. The summed E-state index contributed by atoms with van der Waals surface area (Å²) in [5.41, 5.74) is 0. The lowest BCUT2D eigenvalue weighted by Gasteiger charge is -2.19. The second kappa shape index (κ2) is 53.4. The molecule has 0 saturated heterocycles. The summed E-state index contributed by atoms with van der Waals surface area (Å²) in [5, 5.41) is 23.1. The fraction of sp³-hybridized carbons (Fsp3) is 0.678. The van der Waals surface area contributed by atoms with Gasteiger partial charge in [-0.25, -0.2) is 0 Å². The number of nitrogens with one attached hydrogen (secondary N) is 1. The average Bonchev–Trinajstić information content (AvgIpc) is 3.29. The Balaban J connectivity index is 3.67. The van der Waals surface area contributed by atoms with Crippen molar-refractivity contribution in [3.8, 4) is 0 Å². The van der Waals surface area contributed by atoms with Gasteiger partial charge in [-0.1, -0.05) is 245 Å². The maximum Gasteiger partial charge on any atom is 0.220 e. The Labute approximate surface area is 391 Å². The number of aliphatic hydroxyl groups excluding tert-OH is 2. The van der Waals surface area contributed by atoms with E-state index < -0.39 is 12.1 Å². The molecule has 63 heavy (non-hydrogen) atoms. The highest BCUT2D eigenvalue weighted by atomic mass is 16.3. The molecule has 3 N–H and O–H groups in total. The van der Waals surface area contributed by atoms with Crippen LogP contribution < -0.4 is 5.32 Å². The zero-order valence-electron chi connectivity index (χ0n) is 41.3. The summed E-state index contributed by atoms with van der Waals surface area (Å²) in [6.07, 6.45) is 81.0. The summed E-state index contributed by atoms with van der Waals surface area (Å²) in [7, 11) is 0. The molecule has 0 aromatic heterocycles. The minimum Gasteiger partial charge on any atom is -0.394 e. The van der Waals surface area contributed by atoms with Gasteiger partial charge in [0.15, 0.2) is 0 Å². The first-order valence-electron chi connectivity index (χ1n) is 26.6. The molecule has 0 aliphatic rings. The maximum absolute atomic E-state index is 12.4. The van der Waals surface area contributed by atoms with E-state index in [1.807, 2.05) is 6.08 Å². The van der Waals surface area contributed by atoms with Gasteiger partial charge in [0.1, 0.15) is 0 Å². The molecule has 0 fully saturated rings. The van der Waals surface area contributed by atoms with E-state index in [9.17, 15) is 15.0 Å². The third kappa shape index (κ3) is 49.9. The SMILES string of the molecule is CC/C=C\C/C=C\C/C=C\C/C=C\C/C=C\C/C=C\CCCCC(=O)NC(CO)C(O)/C=C/CC/C=C/CC/C=C/CCCCCCCCCCCCCCCCCCCCCC. The van der Waals surface area contributed by atoms with Gasteiger partial charge in [0.05, 0.1) is 18.8 Å². The molecule has 4 heteroatoms. The molecule has 4 nitrogen and oxygen atoms in total. The number of carbonyl (C=O) groups excluding carboxylic acids is 1. The summed E-state index contributed by atoms with van der Waals surface area (Å²) in [5.74, 6) is -0.123. The molecule has 0 aromatic rings. The highest BCUT2D eigenvalue weighted by Gasteiger charge is 2.17. The number of carbonyl (C=O) groups is 1. The number of hydrogen-bond donors (Lipinski definition) is 3. The van der Waals surface area contributed by atoms with Crippen molar-refractivity contribution in [3.63, 3.8) is 0 Å². The van der Waals surface area contributed by atoms with Crippen LogP contribution in [0.1, 0.15) is 239 Å². The fourth-order valence-electron chi connectivity index (χ4n) is 7.45. The highest BCUT2D eigenvalue weighted by molar-refractivity contribution is 5.76. The van der Waals surface area contributed by atoms with Crippen molar-refractivity contribution in [2.45, 2.75) is 251 Å². The van der Waals surface area contributed by atoms with E-state index in [-0.39, 0.29) is 12.5 Å². The Morgan fingerprint density at radius 1 is 0.397 bits per heavy atom. The molecule has 0 radical (unpaired) electrons. The van der Waals surface area contributed by atoms with E-state index in [0.29, 0.717) is 6.42 Å². The first-order chi connectivity index (χ1) is 31.2. The summed E-state index contributed by atoms with van der Waals surface area (Å²) < 4.78 is 0.